The number of hydrogen-bond donors (Lipinski definition) is 2. The van der Waals surface area contributed by atoms with E-state index in [1.807, 2.05) is 0 Å². The van der Waals surface area contributed by atoms with E-state index in [2.05, 4.69) is 0 Å². The minimum absolute atomic E-state index is 0.602. The fourth-order valence-electron chi connectivity index (χ4n) is 0.444. The third-order valence-corrected chi connectivity index (χ3v) is 0.852. The number of aliphatic hydroxyl groups excluding tert-OH is 2. The first kappa shape index (κ1) is 10.4. The van der Waals surface area contributed by atoms with Crippen LogP contribution >= 0.6 is 0 Å². The molecule has 0 rings (SSSR count). The van der Waals surface area contributed by atoms with E-state index in [0.29, 0.717) is 0 Å². The van der Waals surface area contributed by atoms with Crippen molar-refractivity contribution in [3.05, 3.63) is 0 Å². The van der Waals surface area contributed by atoms with Crippen molar-refractivity contribution in [3.63, 3.8) is 0 Å². The average molecular weight is 162 g/mol. The van der Waals surface area contributed by atoms with Gasteiger partial charge in [-0.2, -0.15) is 0 Å². The largest absolute Gasteiger partial charge is 0.458 e. The van der Waals surface area contributed by atoms with Crippen molar-refractivity contribution in [2.45, 2.75) is 32.5 Å². The van der Waals surface area contributed by atoms with E-state index < -0.39 is 24.3 Å². The number of aliphatic hydroxyl groups is 2. The van der Waals surface area contributed by atoms with Crippen LogP contribution < -0.4 is 0 Å². The molecule has 0 unspecified atom stereocenters. The average Bonchev–Trinajstić information content (AvgIpc) is 1.82. The molecule has 0 spiro atoms. The third kappa shape index (κ3) is 4.75. The Morgan fingerprint density at radius 2 is 2.00 bits per heavy atom. The summed E-state index contributed by atoms with van der Waals surface area (Å²) < 4.78 is 4.74. The smallest absolute Gasteiger partial charge is 0.337 e. The summed E-state index contributed by atoms with van der Waals surface area (Å²) in [6.07, 6.45) is -1.42. The first-order chi connectivity index (χ1) is 4.87. The second kappa shape index (κ2) is 3.69. The van der Waals surface area contributed by atoms with Gasteiger partial charge >= 0.3 is 5.97 Å². The van der Waals surface area contributed by atoms with Crippen LogP contribution in [-0.4, -0.2) is 34.5 Å². The molecule has 4 heteroatoms. The van der Waals surface area contributed by atoms with E-state index in [4.69, 9.17) is 14.9 Å². The summed E-state index contributed by atoms with van der Waals surface area (Å²) in [4.78, 5) is 10.8. The van der Waals surface area contributed by atoms with Gasteiger partial charge in [0.05, 0.1) is 6.61 Å². The number of ether oxygens (including phenoxy) is 1. The Labute approximate surface area is 65.8 Å². The number of carbonyl (C=O) groups excluding carboxylic acids is 1. The molecule has 11 heavy (non-hydrogen) atoms. The molecule has 0 heterocycles. The highest BCUT2D eigenvalue weighted by Crippen LogP contribution is 2.07. The van der Waals surface area contributed by atoms with Gasteiger partial charge in [0, 0.05) is 0 Å². The lowest BCUT2D eigenvalue weighted by Gasteiger charge is -2.20. The van der Waals surface area contributed by atoms with Gasteiger partial charge in [0.25, 0.3) is 0 Å². The number of rotatable bonds is 2. The zero-order valence-electron chi connectivity index (χ0n) is 7.00. The minimum Gasteiger partial charge on any atom is -0.458 e. The van der Waals surface area contributed by atoms with Crippen molar-refractivity contribution in [2.24, 2.45) is 0 Å². The molecular weight excluding hydrogens is 148 g/mol. The fourth-order valence-corrected chi connectivity index (χ4v) is 0.444. The molecule has 0 aromatic heterocycles. The molecular formula is C7H14O4. The molecule has 0 bridgehead atoms. The summed E-state index contributed by atoms with van der Waals surface area (Å²) in [7, 11) is 0. The van der Waals surface area contributed by atoms with Gasteiger partial charge in [-0.3, -0.25) is 0 Å². The van der Waals surface area contributed by atoms with Crippen LogP contribution in [0.15, 0.2) is 0 Å². The van der Waals surface area contributed by atoms with Crippen molar-refractivity contribution in [1.29, 1.82) is 0 Å². The maximum absolute atomic E-state index is 10.8. The molecule has 4 nitrogen and oxygen atoms in total. The summed E-state index contributed by atoms with van der Waals surface area (Å²) in [5.74, 6) is -0.792. The summed E-state index contributed by atoms with van der Waals surface area (Å²) in [6, 6.07) is 0. The zero-order valence-corrected chi connectivity index (χ0v) is 7.00. The molecule has 66 valence electrons. The first-order valence-corrected chi connectivity index (χ1v) is 3.38. The van der Waals surface area contributed by atoms with Gasteiger partial charge in [-0.1, -0.05) is 0 Å². The van der Waals surface area contributed by atoms with Crippen LogP contribution in [0.4, 0.5) is 0 Å². The Hall–Kier alpha value is -0.610. The van der Waals surface area contributed by atoms with E-state index in [0.717, 1.165) is 0 Å². The lowest BCUT2D eigenvalue weighted by Crippen LogP contribution is -2.33. The van der Waals surface area contributed by atoms with Gasteiger partial charge in [-0.15, -0.1) is 0 Å². The summed E-state index contributed by atoms with van der Waals surface area (Å²) in [5.41, 5.74) is -0.618. The second-order valence-corrected chi connectivity index (χ2v) is 3.23. The predicted molar refractivity (Wildman–Crippen MR) is 38.9 cm³/mol. The molecule has 2 N–H and O–H groups in total. The molecule has 0 saturated carbocycles. The van der Waals surface area contributed by atoms with Gasteiger partial charge in [0.15, 0.2) is 6.10 Å². The van der Waals surface area contributed by atoms with Crippen LogP contribution in [0, 0.1) is 0 Å². The van der Waals surface area contributed by atoms with Crippen molar-refractivity contribution in [1.82, 2.24) is 0 Å². The van der Waals surface area contributed by atoms with E-state index in [9.17, 15) is 4.79 Å². The summed E-state index contributed by atoms with van der Waals surface area (Å²) in [6.45, 7) is 4.47. The van der Waals surface area contributed by atoms with Crippen LogP contribution in [0.1, 0.15) is 20.8 Å². The molecule has 0 radical (unpaired) electrons. The lowest BCUT2D eigenvalue weighted by molar-refractivity contribution is -0.166. The zero-order chi connectivity index (χ0) is 9.07. The molecule has 0 aromatic carbocycles. The van der Waals surface area contributed by atoms with Crippen molar-refractivity contribution < 1.29 is 19.7 Å². The molecule has 1 atom stereocenters. The topological polar surface area (TPSA) is 66.8 Å². The quantitative estimate of drug-likeness (QED) is 0.546. The number of hydrogen-bond acceptors (Lipinski definition) is 4. The molecule has 0 aromatic rings. The highest BCUT2D eigenvalue weighted by Gasteiger charge is 2.21. The van der Waals surface area contributed by atoms with E-state index >= 15 is 0 Å². The number of esters is 1. The molecule has 0 aliphatic carbocycles. The van der Waals surface area contributed by atoms with Crippen molar-refractivity contribution >= 4 is 5.97 Å². The van der Waals surface area contributed by atoms with E-state index in [1.54, 1.807) is 20.8 Å². The van der Waals surface area contributed by atoms with Crippen LogP contribution in [0.5, 0.6) is 0 Å². The van der Waals surface area contributed by atoms with Gasteiger partial charge < -0.3 is 14.9 Å². The van der Waals surface area contributed by atoms with Gasteiger partial charge in [0.2, 0.25) is 0 Å². The Balaban J connectivity index is 3.88. The van der Waals surface area contributed by atoms with E-state index in [-0.39, 0.29) is 0 Å². The Bertz CT molecular complexity index is 136. The van der Waals surface area contributed by atoms with Gasteiger partial charge in [-0.25, -0.2) is 4.79 Å². The molecule has 0 saturated heterocycles. The molecule has 0 aliphatic heterocycles. The van der Waals surface area contributed by atoms with Crippen LogP contribution in [0.3, 0.4) is 0 Å². The highest BCUT2D eigenvalue weighted by atomic mass is 16.6. The van der Waals surface area contributed by atoms with Crippen LogP contribution in [-0.2, 0) is 9.53 Å². The minimum atomic E-state index is -1.42. The monoisotopic (exact) mass is 162 g/mol. The number of carbonyl (C=O) groups is 1. The van der Waals surface area contributed by atoms with Crippen LogP contribution in [0.25, 0.3) is 0 Å². The maximum Gasteiger partial charge on any atom is 0.337 e. The van der Waals surface area contributed by atoms with Crippen molar-refractivity contribution in [2.75, 3.05) is 6.61 Å². The van der Waals surface area contributed by atoms with Crippen LogP contribution in [0.2, 0.25) is 0 Å². The summed E-state index contributed by atoms with van der Waals surface area (Å²) >= 11 is 0. The Kier molecular flexibility index (Phi) is 3.48. The maximum atomic E-state index is 10.8. The molecule has 0 aliphatic rings. The summed E-state index contributed by atoms with van der Waals surface area (Å²) in [5, 5.41) is 17.1. The van der Waals surface area contributed by atoms with E-state index in [1.165, 1.54) is 0 Å². The Morgan fingerprint density at radius 3 is 2.27 bits per heavy atom. The first-order valence-electron chi connectivity index (χ1n) is 3.38. The SMILES string of the molecule is CC(C)(C)OC(=O)[C@@H](O)CO. The predicted octanol–water partition coefficient (Wildman–Crippen LogP) is -0.319. The second-order valence-electron chi connectivity index (χ2n) is 3.23. The standard InChI is InChI=1S/C7H14O4/c1-7(2,3)11-6(10)5(9)4-8/h5,8-9H,4H2,1-3H3/t5-/m0/s1. The fraction of sp³-hybridized carbons (Fsp3) is 0.857. The third-order valence-electron chi connectivity index (χ3n) is 0.852. The van der Waals surface area contributed by atoms with Crippen molar-refractivity contribution in [3.8, 4) is 0 Å². The van der Waals surface area contributed by atoms with Gasteiger partial charge in [-0.05, 0) is 20.8 Å². The Morgan fingerprint density at radius 1 is 1.55 bits per heavy atom. The van der Waals surface area contributed by atoms with Gasteiger partial charge in [0.1, 0.15) is 5.60 Å². The lowest BCUT2D eigenvalue weighted by atomic mass is 10.2. The highest BCUT2D eigenvalue weighted by molar-refractivity contribution is 5.74. The normalized spacial score (nSPS) is 14.3. The molecule has 0 fully saturated rings. The molecule has 0 amide bonds.